The molecule has 10 heteroatoms. The molecule has 0 saturated carbocycles. The summed E-state index contributed by atoms with van der Waals surface area (Å²) in [6.07, 6.45) is 3.18. The van der Waals surface area contributed by atoms with E-state index in [-0.39, 0.29) is 17.3 Å². The normalized spacial score (nSPS) is 12.2. The summed E-state index contributed by atoms with van der Waals surface area (Å²) in [6.45, 7) is 0. The van der Waals surface area contributed by atoms with Crippen molar-refractivity contribution in [1.82, 2.24) is 19.9 Å². The van der Waals surface area contributed by atoms with Gasteiger partial charge < -0.3 is 4.52 Å². The van der Waals surface area contributed by atoms with E-state index in [0.29, 0.717) is 17.2 Å². The van der Waals surface area contributed by atoms with Gasteiger partial charge in [-0.25, -0.2) is 4.68 Å². The highest BCUT2D eigenvalue weighted by Crippen LogP contribution is 2.19. The zero-order valence-electron chi connectivity index (χ0n) is 11.9. The molecular formula is C13H11N5O4S. The molecule has 0 aliphatic carbocycles. The van der Waals surface area contributed by atoms with E-state index in [0.717, 1.165) is 0 Å². The second-order valence-corrected chi connectivity index (χ2v) is 6.09. The molecule has 0 aliphatic rings. The van der Waals surface area contributed by atoms with Crippen LogP contribution in [0.1, 0.15) is 5.82 Å². The van der Waals surface area contributed by atoms with Gasteiger partial charge in [0.05, 0.1) is 16.4 Å². The lowest BCUT2D eigenvalue weighted by molar-refractivity contribution is -0.384. The summed E-state index contributed by atoms with van der Waals surface area (Å²) in [4.78, 5) is 14.5. The smallest absolute Gasteiger partial charge is 0.278 e. The standard InChI is InChI=1S/C13H11N5O4S/c1-23(21)8-12-14-13(22-16-12)11-5-6-17(15-11)9-3-2-4-10(7-9)18(19)20/h2-7H,8H2,1H3. The third-order valence-electron chi connectivity index (χ3n) is 2.91. The highest BCUT2D eigenvalue weighted by atomic mass is 32.2. The Morgan fingerprint density at radius 2 is 2.22 bits per heavy atom. The topological polar surface area (TPSA) is 117 Å². The average Bonchev–Trinajstić information content (AvgIpc) is 3.15. The van der Waals surface area contributed by atoms with Crippen molar-refractivity contribution in [2.45, 2.75) is 5.75 Å². The van der Waals surface area contributed by atoms with Crippen LogP contribution in [0.4, 0.5) is 5.69 Å². The Morgan fingerprint density at radius 3 is 2.96 bits per heavy atom. The third kappa shape index (κ3) is 3.31. The van der Waals surface area contributed by atoms with Crippen molar-refractivity contribution >= 4 is 16.5 Å². The molecule has 1 aromatic carbocycles. The molecule has 0 N–H and O–H groups in total. The lowest BCUT2D eigenvalue weighted by atomic mass is 10.3. The first-order chi connectivity index (χ1) is 11.0. The first-order valence-corrected chi connectivity index (χ1v) is 8.19. The second-order valence-electron chi connectivity index (χ2n) is 4.66. The van der Waals surface area contributed by atoms with Crippen LogP contribution in [0, 0.1) is 10.1 Å². The number of aromatic nitrogens is 4. The van der Waals surface area contributed by atoms with Crippen LogP contribution >= 0.6 is 0 Å². The third-order valence-corrected chi connectivity index (χ3v) is 3.58. The van der Waals surface area contributed by atoms with Crippen LogP contribution in [-0.4, -0.2) is 35.3 Å². The Kier molecular flexibility index (Phi) is 3.98. The summed E-state index contributed by atoms with van der Waals surface area (Å²) in [7, 11) is -1.07. The molecule has 1 atom stereocenters. The fourth-order valence-corrected chi connectivity index (χ4v) is 2.41. The van der Waals surface area contributed by atoms with Gasteiger partial charge in [0.2, 0.25) is 0 Å². The Morgan fingerprint density at radius 1 is 1.39 bits per heavy atom. The zero-order chi connectivity index (χ0) is 16.4. The fourth-order valence-electron chi connectivity index (χ4n) is 1.93. The summed E-state index contributed by atoms with van der Waals surface area (Å²) < 4.78 is 17.7. The molecule has 118 valence electrons. The van der Waals surface area contributed by atoms with Crippen molar-refractivity contribution in [1.29, 1.82) is 0 Å². The minimum absolute atomic E-state index is 0.0231. The van der Waals surface area contributed by atoms with Gasteiger partial charge in [-0.2, -0.15) is 10.1 Å². The number of nitro groups is 1. The molecule has 2 aromatic heterocycles. The van der Waals surface area contributed by atoms with Gasteiger partial charge in [-0.15, -0.1) is 0 Å². The largest absolute Gasteiger partial charge is 0.332 e. The van der Waals surface area contributed by atoms with Crippen LogP contribution in [-0.2, 0) is 16.6 Å². The number of rotatable bonds is 5. The van der Waals surface area contributed by atoms with Crippen LogP contribution < -0.4 is 0 Å². The lowest BCUT2D eigenvalue weighted by Crippen LogP contribution is -1.97. The van der Waals surface area contributed by atoms with Gasteiger partial charge in [-0.3, -0.25) is 14.3 Å². The van der Waals surface area contributed by atoms with Crippen molar-refractivity contribution in [2.75, 3.05) is 6.26 Å². The molecule has 9 nitrogen and oxygen atoms in total. The predicted octanol–water partition coefficient (Wildman–Crippen LogP) is 1.71. The van der Waals surface area contributed by atoms with Crippen molar-refractivity contribution in [3.8, 4) is 17.3 Å². The Balaban J connectivity index is 1.88. The number of nitro benzene ring substituents is 1. The van der Waals surface area contributed by atoms with Crippen LogP contribution in [0.15, 0.2) is 41.1 Å². The average molecular weight is 333 g/mol. The quantitative estimate of drug-likeness (QED) is 0.515. The molecule has 0 amide bonds. The summed E-state index contributed by atoms with van der Waals surface area (Å²) in [6, 6.07) is 7.75. The molecular weight excluding hydrogens is 322 g/mol. The highest BCUT2D eigenvalue weighted by Gasteiger charge is 2.14. The monoisotopic (exact) mass is 333 g/mol. The van der Waals surface area contributed by atoms with E-state index in [4.69, 9.17) is 4.52 Å². The minimum atomic E-state index is -1.07. The SMILES string of the molecule is CS(=O)Cc1noc(-c2ccn(-c3cccc([N+](=O)[O-])c3)n2)n1. The maximum Gasteiger partial charge on any atom is 0.278 e. The number of benzene rings is 1. The van der Waals surface area contributed by atoms with Crippen LogP contribution in [0.2, 0.25) is 0 Å². The van der Waals surface area contributed by atoms with Gasteiger partial charge in [0.15, 0.2) is 11.5 Å². The van der Waals surface area contributed by atoms with E-state index in [1.165, 1.54) is 16.8 Å². The molecule has 23 heavy (non-hydrogen) atoms. The molecule has 0 aliphatic heterocycles. The number of nitrogens with zero attached hydrogens (tertiary/aromatic N) is 5. The van der Waals surface area contributed by atoms with Crippen molar-refractivity contribution in [3.05, 3.63) is 52.5 Å². The molecule has 3 rings (SSSR count). The molecule has 0 radical (unpaired) electrons. The summed E-state index contributed by atoms with van der Waals surface area (Å²) in [5, 5.41) is 18.8. The Hall–Kier alpha value is -2.88. The van der Waals surface area contributed by atoms with E-state index < -0.39 is 15.7 Å². The second kappa shape index (κ2) is 6.08. The summed E-state index contributed by atoms with van der Waals surface area (Å²) >= 11 is 0. The van der Waals surface area contributed by atoms with Gasteiger partial charge in [0, 0.05) is 35.4 Å². The maximum atomic E-state index is 11.1. The van der Waals surface area contributed by atoms with Crippen molar-refractivity contribution in [3.63, 3.8) is 0 Å². The molecule has 0 fully saturated rings. The Bertz CT molecular complexity index is 888. The maximum absolute atomic E-state index is 11.1. The molecule has 2 heterocycles. The first-order valence-electron chi connectivity index (χ1n) is 6.46. The predicted molar refractivity (Wildman–Crippen MR) is 81.3 cm³/mol. The number of hydrogen-bond donors (Lipinski definition) is 0. The van der Waals surface area contributed by atoms with Crippen molar-refractivity contribution < 1.29 is 13.7 Å². The highest BCUT2D eigenvalue weighted by molar-refractivity contribution is 7.83. The van der Waals surface area contributed by atoms with E-state index >= 15 is 0 Å². The van der Waals surface area contributed by atoms with Crippen molar-refractivity contribution in [2.24, 2.45) is 0 Å². The van der Waals surface area contributed by atoms with E-state index in [1.807, 2.05) is 0 Å². The summed E-state index contributed by atoms with van der Waals surface area (Å²) in [5.74, 6) is 0.745. The van der Waals surface area contributed by atoms with E-state index in [1.54, 1.807) is 30.7 Å². The first kappa shape index (κ1) is 15.0. The van der Waals surface area contributed by atoms with Gasteiger partial charge >= 0.3 is 0 Å². The van der Waals surface area contributed by atoms with Gasteiger partial charge in [0.25, 0.3) is 11.6 Å². The molecule has 1 unspecified atom stereocenters. The van der Waals surface area contributed by atoms with Crippen LogP contribution in [0.5, 0.6) is 0 Å². The van der Waals surface area contributed by atoms with Gasteiger partial charge in [0.1, 0.15) is 0 Å². The van der Waals surface area contributed by atoms with Gasteiger partial charge in [-0.1, -0.05) is 11.2 Å². The lowest BCUT2D eigenvalue weighted by Gasteiger charge is -2.00. The number of hydrogen-bond acceptors (Lipinski definition) is 7. The molecule has 0 saturated heterocycles. The van der Waals surface area contributed by atoms with Crippen LogP contribution in [0.25, 0.3) is 17.3 Å². The molecule has 3 aromatic rings. The fraction of sp³-hybridized carbons (Fsp3) is 0.154. The van der Waals surface area contributed by atoms with E-state index in [2.05, 4.69) is 15.2 Å². The van der Waals surface area contributed by atoms with E-state index in [9.17, 15) is 14.3 Å². The van der Waals surface area contributed by atoms with Crippen LogP contribution in [0.3, 0.4) is 0 Å². The van der Waals surface area contributed by atoms with Gasteiger partial charge in [-0.05, 0) is 12.1 Å². The molecule has 0 bridgehead atoms. The summed E-state index contributed by atoms with van der Waals surface area (Å²) in [5.41, 5.74) is 0.946. The zero-order valence-corrected chi connectivity index (χ0v) is 12.8. The molecule has 0 spiro atoms. The minimum Gasteiger partial charge on any atom is -0.332 e. The Labute approximate surface area is 132 Å². The number of non-ortho nitro benzene ring substituents is 1.